The summed E-state index contributed by atoms with van der Waals surface area (Å²) in [5, 5.41) is 7.01. The van der Waals surface area contributed by atoms with E-state index in [0.29, 0.717) is 34.9 Å². The molecule has 1 fully saturated rings. The average Bonchev–Trinajstić information content (AvgIpc) is 3.60. The van der Waals surface area contributed by atoms with E-state index in [0.717, 1.165) is 31.9 Å². The SMILES string of the molecule is CCc1nocc1C(=O)NC(c1nc2c(F)c(-c3cncc(F)c3C(=O)N(C)C)ccc2[nH]1)C1CCC(C)CC1. The molecule has 4 aromatic rings. The van der Waals surface area contributed by atoms with Crippen molar-refractivity contribution in [2.75, 3.05) is 14.1 Å². The van der Waals surface area contributed by atoms with E-state index in [1.54, 1.807) is 6.07 Å². The van der Waals surface area contributed by atoms with Gasteiger partial charge in [0.1, 0.15) is 23.2 Å². The number of halogens is 2. The summed E-state index contributed by atoms with van der Waals surface area (Å²) >= 11 is 0. The van der Waals surface area contributed by atoms with Crippen molar-refractivity contribution in [1.82, 2.24) is 30.3 Å². The van der Waals surface area contributed by atoms with E-state index in [1.165, 1.54) is 37.5 Å². The van der Waals surface area contributed by atoms with Crippen molar-refractivity contribution in [2.45, 2.75) is 52.0 Å². The Morgan fingerprint density at radius 1 is 1.15 bits per heavy atom. The van der Waals surface area contributed by atoms with Gasteiger partial charge in [-0.3, -0.25) is 14.6 Å². The van der Waals surface area contributed by atoms with E-state index in [9.17, 15) is 14.0 Å². The van der Waals surface area contributed by atoms with Crippen LogP contribution in [0.4, 0.5) is 8.78 Å². The van der Waals surface area contributed by atoms with Gasteiger partial charge in [-0.2, -0.15) is 0 Å². The van der Waals surface area contributed by atoms with Crippen LogP contribution in [0.25, 0.3) is 22.2 Å². The lowest BCUT2D eigenvalue weighted by Gasteiger charge is -2.32. The first-order chi connectivity index (χ1) is 19.2. The standard InChI is InChI=1S/C29H32F2N6O3/c1-5-21-19(14-40-36-21)28(38)35-25(16-8-6-15(2)7-9-16)27-33-22-11-10-17(24(31)26(22)34-27)18-12-32-13-20(30)23(18)29(39)37(3)4/h10-16,25H,5-9H2,1-4H3,(H,33,34)(H,35,38). The molecule has 1 aliphatic rings. The minimum atomic E-state index is -0.840. The molecule has 3 aromatic heterocycles. The summed E-state index contributed by atoms with van der Waals surface area (Å²) in [5.41, 5.74) is 1.14. The number of nitrogens with zero attached hydrogens (tertiary/aromatic N) is 4. The van der Waals surface area contributed by atoms with Crippen molar-refractivity contribution in [1.29, 1.82) is 0 Å². The zero-order chi connectivity index (χ0) is 28.6. The summed E-state index contributed by atoms with van der Waals surface area (Å²) in [6.45, 7) is 4.10. The zero-order valence-electron chi connectivity index (χ0n) is 22.9. The molecule has 0 saturated heterocycles. The van der Waals surface area contributed by atoms with Crippen molar-refractivity contribution < 1.29 is 22.9 Å². The van der Waals surface area contributed by atoms with Crippen LogP contribution >= 0.6 is 0 Å². The summed E-state index contributed by atoms with van der Waals surface area (Å²) in [5.74, 6) is -1.39. The fourth-order valence-corrected chi connectivity index (χ4v) is 5.44. The Kier molecular flexibility index (Phi) is 7.64. The topological polar surface area (TPSA) is 117 Å². The molecule has 11 heteroatoms. The Morgan fingerprint density at radius 3 is 2.60 bits per heavy atom. The number of hydrogen-bond donors (Lipinski definition) is 2. The lowest BCUT2D eigenvalue weighted by molar-refractivity contribution is 0.0823. The number of pyridine rings is 1. The Morgan fingerprint density at radius 2 is 1.90 bits per heavy atom. The molecule has 1 unspecified atom stereocenters. The molecule has 2 amide bonds. The van der Waals surface area contributed by atoms with Crippen LogP contribution in [0, 0.1) is 23.5 Å². The van der Waals surface area contributed by atoms with E-state index in [2.05, 4.69) is 32.3 Å². The monoisotopic (exact) mass is 550 g/mol. The molecular weight excluding hydrogens is 518 g/mol. The number of carbonyl (C=O) groups is 2. The fraction of sp³-hybridized carbons (Fsp3) is 0.414. The number of carbonyl (C=O) groups excluding carboxylic acids is 2. The number of imidazole rings is 1. The molecule has 2 N–H and O–H groups in total. The predicted molar refractivity (Wildman–Crippen MR) is 144 cm³/mol. The van der Waals surface area contributed by atoms with Crippen molar-refractivity contribution in [3.63, 3.8) is 0 Å². The van der Waals surface area contributed by atoms with E-state index in [-0.39, 0.29) is 34.0 Å². The van der Waals surface area contributed by atoms with Crippen LogP contribution in [0.1, 0.15) is 77.8 Å². The van der Waals surface area contributed by atoms with Crippen LogP contribution in [0.15, 0.2) is 35.3 Å². The highest BCUT2D eigenvalue weighted by Crippen LogP contribution is 2.38. The number of nitrogens with one attached hydrogen (secondary N) is 2. The molecular formula is C29H32F2N6O3. The summed E-state index contributed by atoms with van der Waals surface area (Å²) < 4.78 is 35.8. The van der Waals surface area contributed by atoms with Crippen molar-refractivity contribution in [3.8, 4) is 11.1 Å². The summed E-state index contributed by atoms with van der Waals surface area (Å²) in [7, 11) is 2.99. The van der Waals surface area contributed by atoms with E-state index >= 15 is 4.39 Å². The molecule has 9 nitrogen and oxygen atoms in total. The number of fused-ring (bicyclic) bond motifs is 1. The van der Waals surface area contributed by atoms with Crippen molar-refractivity contribution in [3.05, 3.63) is 65.1 Å². The summed E-state index contributed by atoms with van der Waals surface area (Å²) in [4.78, 5) is 38.9. The van der Waals surface area contributed by atoms with Gasteiger partial charge in [-0.05, 0) is 43.2 Å². The molecule has 5 rings (SSSR count). The Balaban J connectivity index is 1.56. The van der Waals surface area contributed by atoms with Crippen molar-refractivity contribution >= 4 is 22.8 Å². The second kappa shape index (κ2) is 11.1. The molecule has 0 radical (unpaired) electrons. The van der Waals surface area contributed by atoms with Crippen molar-refractivity contribution in [2.24, 2.45) is 11.8 Å². The summed E-state index contributed by atoms with van der Waals surface area (Å²) in [6, 6.07) is 2.61. The van der Waals surface area contributed by atoms with Gasteiger partial charge >= 0.3 is 0 Å². The number of hydrogen-bond acceptors (Lipinski definition) is 6. The maximum atomic E-state index is 16.0. The lowest BCUT2D eigenvalue weighted by atomic mass is 9.79. The Labute approximate surface area is 230 Å². The third-order valence-corrected chi connectivity index (χ3v) is 7.76. The molecule has 1 saturated carbocycles. The van der Waals surface area contributed by atoms with Crippen LogP contribution in [-0.2, 0) is 6.42 Å². The number of aromatic amines is 1. The number of amides is 2. The normalized spacial score (nSPS) is 18.1. The van der Waals surface area contributed by atoms with Gasteiger partial charge in [0.2, 0.25) is 0 Å². The number of H-pyrrole nitrogens is 1. The number of rotatable bonds is 7. The highest BCUT2D eigenvalue weighted by molar-refractivity contribution is 6.01. The molecule has 0 aliphatic heterocycles. The third kappa shape index (κ3) is 5.07. The first-order valence-corrected chi connectivity index (χ1v) is 13.5. The van der Waals surface area contributed by atoms with Gasteiger partial charge in [0.15, 0.2) is 11.6 Å². The minimum Gasteiger partial charge on any atom is -0.364 e. The van der Waals surface area contributed by atoms with Crippen LogP contribution in [0.5, 0.6) is 0 Å². The van der Waals surface area contributed by atoms with Gasteiger partial charge in [-0.25, -0.2) is 13.8 Å². The van der Waals surface area contributed by atoms with Gasteiger partial charge < -0.3 is 19.7 Å². The van der Waals surface area contributed by atoms with Crippen LogP contribution in [-0.4, -0.2) is 50.9 Å². The highest BCUT2D eigenvalue weighted by Gasteiger charge is 2.32. The van der Waals surface area contributed by atoms with E-state index < -0.39 is 23.6 Å². The largest absolute Gasteiger partial charge is 0.364 e. The second-order valence-electron chi connectivity index (χ2n) is 10.7. The summed E-state index contributed by atoms with van der Waals surface area (Å²) in [6.07, 6.45) is 7.86. The first kappa shape index (κ1) is 27.4. The minimum absolute atomic E-state index is 0.00638. The van der Waals surface area contributed by atoms with Crippen LogP contribution in [0.3, 0.4) is 0 Å². The predicted octanol–water partition coefficient (Wildman–Crippen LogP) is 5.45. The maximum Gasteiger partial charge on any atom is 0.257 e. The quantitative estimate of drug-likeness (QED) is 0.316. The number of aromatic nitrogens is 4. The fourth-order valence-electron chi connectivity index (χ4n) is 5.44. The van der Waals surface area contributed by atoms with Gasteiger partial charge in [-0.15, -0.1) is 0 Å². The molecule has 0 bridgehead atoms. The average molecular weight is 551 g/mol. The number of aryl methyl sites for hydroxylation is 1. The van der Waals surface area contributed by atoms with Gasteiger partial charge in [0.05, 0.1) is 29.0 Å². The number of benzene rings is 1. The second-order valence-corrected chi connectivity index (χ2v) is 10.7. The molecule has 3 heterocycles. The molecule has 210 valence electrons. The van der Waals surface area contributed by atoms with E-state index in [4.69, 9.17) is 4.52 Å². The van der Waals surface area contributed by atoms with Gasteiger partial charge in [-0.1, -0.05) is 31.8 Å². The van der Waals surface area contributed by atoms with Crippen LogP contribution in [0.2, 0.25) is 0 Å². The highest BCUT2D eigenvalue weighted by atomic mass is 19.1. The van der Waals surface area contributed by atoms with Crippen LogP contribution < -0.4 is 5.32 Å². The molecule has 1 atom stereocenters. The third-order valence-electron chi connectivity index (χ3n) is 7.76. The van der Waals surface area contributed by atoms with Gasteiger partial charge in [0, 0.05) is 31.4 Å². The molecule has 1 aliphatic carbocycles. The zero-order valence-corrected chi connectivity index (χ0v) is 22.9. The molecule has 0 spiro atoms. The Bertz CT molecular complexity index is 1550. The maximum absolute atomic E-state index is 16.0. The molecule has 40 heavy (non-hydrogen) atoms. The first-order valence-electron chi connectivity index (χ1n) is 13.5. The lowest BCUT2D eigenvalue weighted by Crippen LogP contribution is -2.36. The van der Waals surface area contributed by atoms with Gasteiger partial charge in [0.25, 0.3) is 11.8 Å². The Hall–Kier alpha value is -4.15. The van der Waals surface area contributed by atoms with E-state index in [1.807, 2.05) is 6.92 Å². The molecule has 1 aromatic carbocycles. The smallest absolute Gasteiger partial charge is 0.257 e.